The van der Waals surface area contributed by atoms with E-state index < -0.39 is 0 Å². The molecular weight excluding hydrogens is 356 g/mol. The average Bonchev–Trinajstić information content (AvgIpc) is 3.21. The number of carbonyl (C=O) groups excluding carboxylic acids is 1. The molecule has 2 aliphatic rings. The minimum Gasteiger partial charge on any atom is -0.355 e. The van der Waals surface area contributed by atoms with E-state index in [-0.39, 0.29) is 5.92 Å². The van der Waals surface area contributed by atoms with E-state index in [1.807, 2.05) is 41.8 Å². The van der Waals surface area contributed by atoms with E-state index in [9.17, 15) is 4.79 Å². The van der Waals surface area contributed by atoms with Crippen LogP contribution in [0.25, 0.3) is 11.0 Å². The van der Waals surface area contributed by atoms with Crippen molar-refractivity contribution in [1.82, 2.24) is 14.9 Å². The second kappa shape index (κ2) is 6.93. The molecule has 0 spiro atoms. The second-order valence-corrected chi connectivity index (χ2v) is 8.38. The van der Waals surface area contributed by atoms with Crippen molar-refractivity contribution in [2.45, 2.75) is 25.8 Å². The maximum Gasteiger partial charge on any atom is 0.227 e. The highest BCUT2D eigenvalue weighted by atomic mass is 32.1. The number of carbonyl (C=O) groups is 1. The van der Waals surface area contributed by atoms with Gasteiger partial charge in [0.25, 0.3) is 0 Å². The molecule has 1 fully saturated rings. The average molecular weight is 379 g/mol. The van der Waals surface area contributed by atoms with Gasteiger partial charge in [0.15, 0.2) is 0 Å². The van der Waals surface area contributed by atoms with Crippen LogP contribution in [0, 0.1) is 5.92 Å². The summed E-state index contributed by atoms with van der Waals surface area (Å²) >= 11 is 1.81. The van der Waals surface area contributed by atoms with Crippen molar-refractivity contribution in [3.05, 3.63) is 52.3 Å². The van der Waals surface area contributed by atoms with E-state index in [1.54, 1.807) is 0 Å². The number of thiophene rings is 1. The Hall–Kier alpha value is -2.47. The van der Waals surface area contributed by atoms with E-state index in [4.69, 9.17) is 4.98 Å². The molecule has 1 atom stereocenters. The van der Waals surface area contributed by atoms with E-state index in [0.717, 1.165) is 62.3 Å². The van der Waals surface area contributed by atoms with Crippen LogP contribution in [0.3, 0.4) is 0 Å². The molecule has 0 N–H and O–H groups in total. The van der Waals surface area contributed by atoms with Crippen molar-refractivity contribution in [1.29, 1.82) is 0 Å². The minimum absolute atomic E-state index is 0.0483. The Labute approximate surface area is 162 Å². The molecule has 1 aromatic carbocycles. The lowest BCUT2D eigenvalue weighted by atomic mass is 9.95. The molecule has 0 radical (unpaired) electrons. The van der Waals surface area contributed by atoms with Gasteiger partial charge in [0, 0.05) is 31.1 Å². The monoisotopic (exact) mass is 378 g/mol. The smallest absolute Gasteiger partial charge is 0.227 e. The first-order chi connectivity index (χ1) is 13.3. The third kappa shape index (κ3) is 3.18. The molecule has 1 unspecified atom stereocenters. The van der Waals surface area contributed by atoms with Crippen LogP contribution >= 0.6 is 11.3 Å². The summed E-state index contributed by atoms with van der Waals surface area (Å²) in [6.07, 6.45) is 4.81. The van der Waals surface area contributed by atoms with Crippen LogP contribution in [0.2, 0.25) is 0 Å². The maximum absolute atomic E-state index is 13.1. The first-order valence-electron chi connectivity index (χ1n) is 9.59. The third-order valence-electron chi connectivity index (χ3n) is 5.65. The quantitative estimate of drug-likeness (QED) is 0.685. The van der Waals surface area contributed by atoms with Crippen LogP contribution in [-0.4, -0.2) is 40.4 Å². The molecule has 4 heterocycles. The second-order valence-electron chi connectivity index (χ2n) is 7.38. The van der Waals surface area contributed by atoms with Crippen molar-refractivity contribution in [2.75, 3.05) is 24.5 Å². The van der Waals surface area contributed by atoms with E-state index in [1.165, 1.54) is 10.4 Å². The van der Waals surface area contributed by atoms with Gasteiger partial charge in [0.2, 0.25) is 5.91 Å². The highest BCUT2D eigenvalue weighted by molar-refractivity contribution is 7.10. The predicted molar refractivity (Wildman–Crippen MR) is 108 cm³/mol. The van der Waals surface area contributed by atoms with Gasteiger partial charge in [-0.05, 0) is 48.4 Å². The zero-order valence-electron chi connectivity index (χ0n) is 15.2. The lowest BCUT2D eigenvalue weighted by Gasteiger charge is -2.36. The summed E-state index contributed by atoms with van der Waals surface area (Å²) in [6.45, 7) is 3.28. The Morgan fingerprint density at radius 2 is 2.04 bits per heavy atom. The summed E-state index contributed by atoms with van der Waals surface area (Å²) in [5, 5.41) is 2.14. The normalized spacial score (nSPS) is 19.9. The first kappa shape index (κ1) is 16.7. The molecule has 138 valence electrons. The summed E-state index contributed by atoms with van der Waals surface area (Å²) in [5.41, 5.74) is 3.14. The fraction of sp³-hybridized carbons (Fsp3) is 0.381. The van der Waals surface area contributed by atoms with Gasteiger partial charge in [-0.15, -0.1) is 11.3 Å². The molecule has 5 nitrogen and oxygen atoms in total. The standard InChI is InChI=1S/C21H22N4OS/c26-21(25-10-7-19-15(13-25)8-11-27-19)16-4-3-9-24(14-16)20-12-22-17-5-1-2-6-18(17)23-20/h1-2,5-6,8,11-12,16H,3-4,7,9-10,13-14H2. The molecule has 1 amide bonds. The van der Waals surface area contributed by atoms with Gasteiger partial charge < -0.3 is 9.80 Å². The van der Waals surface area contributed by atoms with Gasteiger partial charge in [-0.1, -0.05) is 12.1 Å². The summed E-state index contributed by atoms with van der Waals surface area (Å²) in [6, 6.07) is 10.1. The number of piperidine rings is 1. The van der Waals surface area contributed by atoms with Crippen LogP contribution < -0.4 is 4.90 Å². The number of rotatable bonds is 2. The van der Waals surface area contributed by atoms with Gasteiger partial charge in [-0.3, -0.25) is 9.78 Å². The zero-order chi connectivity index (χ0) is 18.2. The lowest BCUT2D eigenvalue weighted by Crippen LogP contribution is -2.46. The number of para-hydroxylation sites is 2. The summed E-state index contributed by atoms with van der Waals surface area (Å²) in [4.78, 5) is 28.2. The van der Waals surface area contributed by atoms with Crippen LogP contribution in [0.5, 0.6) is 0 Å². The van der Waals surface area contributed by atoms with E-state index in [2.05, 4.69) is 26.2 Å². The van der Waals surface area contributed by atoms with Gasteiger partial charge in [-0.25, -0.2) is 4.98 Å². The van der Waals surface area contributed by atoms with Crippen molar-refractivity contribution < 1.29 is 4.79 Å². The van der Waals surface area contributed by atoms with E-state index in [0.29, 0.717) is 5.91 Å². The van der Waals surface area contributed by atoms with Crippen molar-refractivity contribution in [3.8, 4) is 0 Å². The van der Waals surface area contributed by atoms with Gasteiger partial charge in [0.1, 0.15) is 5.82 Å². The van der Waals surface area contributed by atoms with Crippen LogP contribution in [0.15, 0.2) is 41.9 Å². The lowest BCUT2D eigenvalue weighted by molar-refractivity contribution is -0.136. The van der Waals surface area contributed by atoms with Gasteiger partial charge >= 0.3 is 0 Å². The highest BCUT2D eigenvalue weighted by Crippen LogP contribution is 2.28. The number of nitrogens with zero attached hydrogens (tertiary/aromatic N) is 4. The first-order valence-corrected chi connectivity index (χ1v) is 10.5. The molecule has 5 rings (SSSR count). The fourth-order valence-corrected chi connectivity index (χ4v) is 5.07. The SMILES string of the molecule is O=C(C1CCCN(c2cnc3ccccc3n2)C1)N1CCc2sccc2C1. The number of fused-ring (bicyclic) bond motifs is 2. The topological polar surface area (TPSA) is 49.3 Å². The Morgan fingerprint density at radius 3 is 2.96 bits per heavy atom. The molecule has 0 bridgehead atoms. The third-order valence-corrected chi connectivity index (χ3v) is 6.67. The number of aromatic nitrogens is 2. The highest BCUT2D eigenvalue weighted by Gasteiger charge is 2.31. The van der Waals surface area contributed by atoms with Crippen molar-refractivity contribution in [2.24, 2.45) is 5.92 Å². The number of anilines is 1. The van der Waals surface area contributed by atoms with Crippen LogP contribution in [0.1, 0.15) is 23.3 Å². The summed E-state index contributed by atoms with van der Waals surface area (Å²) in [5.74, 6) is 1.22. The fourth-order valence-electron chi connectivity index (χ4n) is 4.18. The molecule has 2 aliphatic heterocycles. The Kier molecular flexibility index (Phi) is 4.28. The number of hydrogen-bond donors (Lipinski definition) is 0. The number of amides is 1. The Bertz CT molecular complexity index is 985. The Morgan fingerprint density at radius 1 is 1.15 bits per heavy atom. The maximum atomic E-state index is 13.1. The Balaban J connectivity index is 1.32. The molecule has 6 heteroatoms. The van der Waals surface area contributed by atoms with Gasteiger partial charge in [0.05, 0.1) is 23.1 Å². The number of hydrogen-bond acceptors (Lipinski definition) is 5. The van der Waals surface area contributed by atoms with Crippen LogP contribution in [-0.2, 0) is 17.8 Å². The molecule has 2 aromatic heterocycles. The molecule has 0 aliphatic carbocycles. The molecule has 1 saturated heterocycles. The van der Waals surface area contributed by atoms with Crippen LogP contribution in [0.4, 0.5) is 5.82 Å². The summed E-state index contributed by atoms with van der Waals surface area (Å²) in [7, 11) is 0. The minimum atomic E-state index is 0.0483. The largest absolute Gasteiger partial charge is 0.355 e. The van der Waals surface area contributed by atoms with Crippen molar-refractivity contribution in [3.63, 3.8) is 0 Å². The molecule has 3 aromatic rings. The van der Waals surface area contributed by atoms with E-state index >= 15 is 0 Å². The predicted octanol–water partition coefficient (Wildman–Crippen LogP) is 3.49. The molecular formula is C21H22N4OS. The molecule has 27 heavy (non-hydrogen) atoms. The molecule has 0 saturated carbocycles. The number of benzene rings is 1. The van der Waals surface area contributed by atoms with Gasteiger partial charge in [-0.2, -0.15) is 0 Å². The van der Waals surface area contributed by atoms with Crippen molar-refractivity contribution >= 4 is 34.1 Å². The summed E-state index contributed by atoms with van der Waals surface area (Å²) < 4.78 is 0. The zero-order valence-corrected chi connectivity index (χ0v) is 16.0.